The molecule has 2 aliphatic rings. The molecule has 0 saturated carbocycles. The molecule has 2 unspecified atom stereocenters. The zero-order valence-corrected chi connectivity index (χ0v) is 19.8. The number of carbonyl (C=O) groups is 1. The van der Waals surface area contributed by atoms with E-state index in [0.717, 1.165) is 53.4 Å². The predicted molar refractivity (Wildman–Crippen MR) is 134 cm³/mol. The van der Waals surface area contributed by atoms with Crippen LogP contribution in [-0.2, 0) is 0 Å². The summed E-state index contributed by atoms with van der Waals surface area (Å²) < 4.78 is 6.51. The van der Waals surface area contributed by atoms with E-state index in [1.807, 2.05) is 30.3 Å². The summed E-state index contributed by atoms with van der Waals surface area (Å²) in [7, 11) is 0. The highest BCUT2D eigenvalue weighted by atomic mass is 16.5. The molecular weight excluding hydrogens is 412 g/mol. The molecular formula is C28H32N2O3. The fraction of sp³-hybridized carbons (Fsp3) is 0.321. The Morgan fingerprint density at radius 3 is 2.55 bits per heavy atom. The van der Waals surface area contributed by atoms with Gasteiger partial charge in [0, 0.05) is 53.3 Å². The zero-order chi connectivity index (χ0) is 23.5. The van der Waals surface area contributed by atoms with Crippen LogP contribution in [0.2, 0.25) is 0 Å². The Labute approximate surface area is 196 Å². The quantitative estimate of drug-likeness (QED) is 0.527. The van der Waals surface area contributed by atoms with Gasteiger partial charge in [-0.3, -0.25) is 0 Å². The Morgan fingerprint density at radius 2 is 1.85 bits per heavy atom. The third kappa shape index (κ3) is 4.40. The van der Waals surface area contributed by atoms with Crippen molar-refractivity contribution in [2.75, 3.05) is 18.4 Å². The van der Waals surface area contributed by atoms with Crippen LogP contribution in [0, 0.1) is 0 Å². The highest BCUT2D eigenvalue weighted by Crippen LogP contribution is 2.44. The van der Waals surface area contributed by atoms with Crippen LogP contribution in [0.1, 0.15) is 55.6 Å². The number of anilines is 1. The molecule has 1 aliphatic carbocycles. The zero-order valence-electron chi connectivity index (χ0n) is 19.8. The van der Waals surface area contributed by atoms with Crippen molar-refractivity contribution >= 4 is 17.2 Å². The lowest BCUT2D eigenvalue weighted by Crippen LogP contribution is -2.29. The van der Waals surface area contributed by atoms with Crippen LogP contribution < -0.4 is 10.1 Å². The monoisotopic (exact) mass is 444 g/mol. The summed E-state index contributed by atoms with van der Waals surface area (Å²) in [6, 6.07) is 13.7. The van der Waals surface area contributed by atoms with E-state index in [1.165, 1.54) is 0 Å². The summed E-state index contributed by atoms with van der Waals surface area (Å²) in [6.45, 7) is 10.4. The number of benzene rings is 2. The Balaban J connectivity index is 1.89. The molecule has 2 N–H and O–H groups in total. The molecule has 5 nitrogen and oxygen atoms in total. The van der Waals surface area contributed by atoms with Crippen molar-refractivity contribution in [1.82, 2.24) is 4.90 Å². The smallest absolute Gasteiger partial charge is 0.336 e. The van der Waals surface area contributed by atoms with Crippen molar-refractivity contribution in [3.8, 4) is 5.75 Å². The minimum absolute atomic E-state index is 0.284. The minimum atomic E-state index is -0.933. The summed E-state index contributed by atoms with van der Waals surface area (Å²) in [5.74, 6) is -0.171. The summed E-state index contributed by atoms with van der Waals surface area (Å²) in [6.07, 6.45) is 7.07. The highest BCUT2D eigenvalue weighted by molar-refractivity contribution is 5.99. The first kappa shape index (κ1) is 22.7. The van der Waals surface area contributed by atoms with Gasteiger partial charge in [0.2, 0.25) is 0 Å². The molecule has 33 heavy (non-hydrogen) atoms. The first-order valence-electron chi connectivity index (χ1n) is 11.8. The standard InChI is InChI=1S/C28H32N2O3/c1-5-18(4)29-19-12-14-23-25(16-19)33-26-17-20(30(6-2)7-3)13-15-24(26)27(23)21-10-8-9-11-22(21)28(31)32/h8-18,26,29H,5-7H2,1-4H3,(H,31,32). The summed E-state index contributed by atoms with van der Waals surface area (Å²) >= 11 is 0. The van der Waals surface area contributed by atoms with Gasteiger partial charge >= 0.3 is 5.97 Å². The van der Waals surface area contributed by atoms with E-state index in [0.29, 0.717) is 17.2 Å². The van der Waals surface area contributed by atoms with Gasteiger partial charge in [-0.25, -0.2) is 4.79 Å². The van der Waals surface area contributed by atoms with Crippen LogP contribution in [0.15, 0.2) is 72.0 Å². The molecule has 0 radical (unpaired) electrons. The largest absolute Gasteiger partial charge is 0.481 e. The number of nitrogens with zero attached hydrogens (tertiary/aromatic N) is 1. The van der Waals surface area contributed by atoms with Gasteiger partial charge in [-0.1, -0.05) is 31.2 Å². The number of allylic oxidation sites excluding steroid dienone is 1. The van der Waals surface area contributed by atoms with Crippen molar-refractivity contribution in [2.45, 2.75) is 46.3 Å². The van der Waals surface area contributed by atoms with Gasteiger partial charge in [0.05, 0.1) is 5.56 Å². The number of carboxylic acids is 1. The van der Waals surface area contributed by atoms with Gasteiger partial charge in [0.15, 0.2) is 0 Å². The van der Waals surface area contributed by atoms with Crippen molar-refractivity contribution < 1.29 is 14.6 Å². The summed E-state index contributed by atoms with van der Waals surface area (Å²) in [4.78, 5) is 14.4. The number of fused-ring (bicyclic) bond motifs is 2. The van der Waals surface area contributed by atoms with Gasteiger partial charge in [-0.2, -0.15) is 0 Å². The third-order valence-corrected chi connectivity index (χ3v) is 6.44. The molecule has 0 amide bonds. The van der Waals surface area contributed by atoms with Crippen LogP contribution in [0.4, 0.5) is 5.69 Å². The molecule has 5 heteroatoms. The second-order valence-electron chi connectivity index (χ2n) is 8.48. The van der Waals surface area contributed by atoms with Gasteiger partial charge in [0.1, 0.15) is 11.9 Å². The van der Waals surface area contributed by atoms with Crippen molar-refractivity contribution in [3.63, 3.8) is 0 Å². The second-order valence-corrected chi connectivity index (χ2v) is 8.48. The van der Waals surface area contributed by atoms with E-state index in [2.05, 4.69) is 56.1 Å². The molecule has 0 aromatic heterocycles. The van der Waals surface area contributed by atoms with E-state index in [9.17, 15) is 9.90 Å². The second kappa shape index (κ2) is 9.57. The van der Waals surface area contributed by atoms with Crippen LogP contribution in [0.5, 0.6) is 5.75 Å². The van der Waals surface area contributed by atoms with Gasteiger partial charge in [-0.15, -0.1) is 0 Å². The van der Waals surface area contributed by atoms with Gasteiger partial charge < -0.3 is 20.1 Å². The van der Waals surface area contributed by atoms with Crippen LogP contribution in [0.25, 0.3) is 5.57 Å². The van der Waals surface area contributed by atoms with E-state index < -0.39 is 5.97 Å². The van der Waals surface area contributed by atoms with Crippen LogP contribution in [-0.4, -0.2) is 41.2 Å². The first-order valence-corrected chi connectivity index (χ1v) is 11.8. The molecule has 2 aromatic rings. The third-order valence-electron chi connectivity index (χ3n) is 6.44. The number of ether oxygens (including phenoxy) is 1. The molecule has 0 saturated heterocycles. The van der Waals surface area contributed by atoms with E-state index in [1.54, 1.807) is 12.1 Å². The van der Waals surface area contributed by atoms with E-state index in [-0.39, 0.29) is 6.10 Å². The molecule has 2 atom stereocenters. The highest BCUT2D eigenvalue weighted by Gasteiger charge is 2.31. The average molecular weight is 445 g/mol. The maximum absolute atomic E-state index is 12.1. The number of nitrogens with one attached hydrogen (secondary N) is 1. The minimum Gasteiger partial charge on any atom is -0.481 e. The summed E-state index contributed by atoms with van der Waals surface area (Å²) in [5.41, 5.74) is 5.93. The Kier molecular flexibility index (Phi) is 6.59. The number of hydrogen-bond donors (Lipinski definition) is 2. The molecule has 0 fully saturated rings. The molecule has 0 spiro atoms. The maximum atomic E-state index is 12.1. The molecule has 1 aliphatic heterocycles. The lowest BCUT2D eigenvalue weighted by atomic mass is 9.83. The Morgan fingerprint density at radius 1 is 1.09 bits per heavy atom. The van der Waals surface area contributed by atoms with Gasteiger partial charge in [0.25, 0.3) is 0 Å². The topological polar surface area (TPSA) is 61.8 Å². The normalized spacial score (nSPS) is 17.5. The van der Waals surface area contributed by atoms with Crippen molar-refractivity contribution in [3.05, 3.63) is 88.7 Å². The van der Waals surface area contributed by atoms with Gasteiger partial charge in [-0.05, 0) is 63.1 Å². The fourth-order valence-corrected chi connectivity index (χ4v) is 4.48. The van der Waals surface area contributed by atoms with E-state index in [4.69, 9.17) is 4.74 Å². The number of aromatic carboxylic acids is 1. The molecule has 172 valence electrons. The SMILES string of the molecule is CCC(C)Nc1ccc2c(c1)OC1C=C(N(CC)CC)C=CC1=C2c1ccccc1C(=O)O. The Bertz CT molecular complexity index is 1140. The molecule has 1 heterocycles. The number of likely N-dealkylation sites (N-methyl/N-ethyl adjacent to an activating group) is 1. The van der Waals surface area contributed by atoms with Crippen molar-refractivity contribution in [1.29, 1.82) is 0 Å². The number of rotatable bonds is 8. The lowest BCUT2D eigenvalue weighted by Gasteiger charge is -2.34. The lowest BCUT2D eigenvalue weighted by molar-refractivity contribution is 0.0696. The van der Waals surface area contributed by atoms with Crippen molar-refractivity contribution in [2.24, 2.45) is 0 Å². The average Bonchev–Trinajstić information content (AvgIpc) is 2.83. The maximum Gasteiger partial charge on any atom is 0.336 e. The fourth-order valence-electron chi connectivity index (χ4n) is 4.48. The first-order chi connectivity index (χ1) is 16.0. The number of carboxylic acid groups (broad SMARTS) is 1. The predicted octanol–water partition coefficient (Wildman–Crippen LogP) is 5.95. The summed E-state index contributed by atoms with van der Waals surface area (Å²) in [5, 5.41) is 13.4. The molecule has 2 aromatic carbocycles. The molecule has 0 bridgehead atoms. The Hall–Kier alpha value is -3.47. The van der Waals surface area contributed by atoms with E-state index >= 15 is 0 Å². The molecule has 4 rings (SSSR count). The number of hydrogen-bond acceptors (Lipinski definition) is 4. The van der Waals surface area contributed by atoms with Crippen LogP contribution >= 0.6 is 0 Å². The van der Waals surface area contributed by atoms with Crippen LogP contribution in [0.3, 0.4) is 0 Å².